The van der Waals surface area contributed by atoms with E-state index in [9.17, 15) is 14.7 Å². The smallest absolute Gasteiger partial charge is 0.320 e. The highest BCUT2D eigenvalue weighted by molar-refractivity contribution is 5.97. The molecule has 2 aromatic carbocycles. The summed E-state index contributed by atoms with van der Waals surface area (Å²) >= 11 is 0. The van der Waals surface area contributed by atoms with Crippen LogP contribution >= 0.6 is 0 Å². The Labute approximate surface area is 210 Å². The standard InChI is InChI=1S/C27H33N5O4/c1-16-22(25(34)28-4)31-32(18-9-7-6-8-10-18)24(16)30-26(35)29-23-19-13-17(15-36-5)11-12-20(19)27(2,3)14-21(23)33/h6-13,21,23,33H,14-15H2,1-5H3,(H,28,34)(H2,29,30,35)/t21-,23-/m1/s1. The van der Waals surface area contributed by atoms with Gasteiger partial charge in [0.1, 0.15) is 5.82 Å². The first kappa shape index (κ1) is 25.4. The van der Waals surface area contributed by atoms with Gasteiger partial charge in [0, 0.05) is 19.7 Å². The zero-order valence-corrected chi connectivity index (χ0v) is 21.3. The fourth-order valence-electron chi connectivity index (χ4n) is 4.89. The van der Waals surface area contributed by atoms with Crippen LogP contribution in [0.15, 0.2) is 48.5 Å². The maximum Gasteiger partial charge on any atom is 0.320 e. The number of ether oxygens (including phenoxy) is 1. The topological polar surface area (TPSA) is 118 Å². The molecule has 9 nitrogen and oxygen atoms in total. The van der Waals surface area contributed by atoms with Crippen LogP contribution in [0.2, 0.25) is 0 Å². The molecule has 1 aliphatic carbocycles. The number of nitrogens with zero attached hydrogens (tertiary/aromatic N) is 2. The number of urea groups is 1. The second kappa shape index (κ2) is 10.1. The minimum absolute atomic E-state index is 0.214. The van der Waals surface area contributed by atoms with Crippen molar-refractivity contribution in [3.8, 4) is 5.69 Å². The zero-order valence-electron chi connectivity index (χ0n) is 21.3. The Hall–Kier alpha value is -3.69. The van der Waals surface area contributed by atoms with Crippen molar-refractivity contribution >= 4 is 17.8 Å². The molecule has 9 heteroatoms. The van der Waals surface area contributed by atoms with Gasteiger partial charge in [0.25, 0.3) is 5.91 Å². The Balaban J connectivity index is 1.67. The maximum absolute atomic E-state index is 13.3. The predicted molar refractivity (Wildman–Crippen MR) is 137 cm³/mol. The molecule has 36 heavy (non-hydrogen) atoms. The molecule has 2 atom stereocenters. The van der Waals surface area contributed by atoms with E-state index < -0.39 is 18.2 Å². The quantitative estimate of drug-likeness (QED) is 0.420. The van der Waals surface area contributed by atoms with Crippen molar-refractivity contribution in [2.75, 3.05) is 19.5 Å². The lowest BCUT2D eigenvalue weighted by Gasteiger charge is -2.41. The molecule has 0 unspecified atom stereocenters. The van der Waals surface area contributed by atoms with Crippen molar-refractivity contribution in [1.82, 2.24) is 20.4 Å². The molecule has 1 heterocycles. The number of aromatic nitrogens is 2. The van der Waals surface area contributed by atoms with Crippen LogP contribution in [0, 0.1) is 6.92 Å². The summed E-state index contributed by atoms with van der Waals surface area (Å²) in [7, 11) is 3.16. The average molecular weight is 492 g/mol. The highest BCUT2D eigenvalue weighted by atomic mass is 16.5. The molecule has 0 saturated carbocycles. The van der Waals surface area contributed by atoms with Crippen LogP contribution in [-0.2, 0) is 16.8 Å². The molecule has 0 fully saturated rings. The van der Waals surface area contributed by atoms with Gasteiger partial charge in [0.15, 0.2) is 5.69 Å². The fourth-order valence-corrected chi connectivity index (χ4v) is 4.89. The second-order valence-corrected chi connectivity index (χ2v) is 9.73. The number of carbonyl (C=O) groups is 2. The van der Waals surface area contributed by atoms with Crippen LogP contribution < -0.4 is 16.0 Å². The maximum atomic E-state index is 13.3. The fraction of sp³-hybridized carbons (Fsp3) is 0.370. The van der Waals surface area contributed by atoms with Gasteiger partial charge in [0.05, 0.1) is 24.4 Å². The van der Waals surface area contributed by atoms with Crippen molar-refractivity contribution < 1.29 is 19.4 Å². The molecule has 0 saturated heterocycles. The van der Waals surface area contributed by atoms with E-state index in [0.29, 0.717) is 30.1 Å². The van der Waals surface area contributed by atoms with E-state index in [1.807, 2.05) is 48.5 Å². The summed E-state index contributed by atoms with van der Waals surface area (Å²) in [6.07, 6.45) is -0.284. The van der Waals surface area contributed by atoms with E-state index >= 15 is 0 Å². The van der Waals surface area contributed by atoms with Crippen LogP contribution in [0.1, 0.15) is 59.1 Å². The Morgan fingerprint density at radius 3 is 2.58 bits per heavy atom. The van der Waals surface area contributed by atoms with E-state index in [1.54, 1.807) is 14.0 Å². The van der Waals surface area contributed by atoms with E-state index in [2.05, 4.69) is 34.9 Å². The Morgan fingerprint density at radius 2 is 1.92 bits per heavy atom. The number of rotatable bonds is 6. The molecule has 1 aromatic heterocycles. The van der Waals surface area contributed by atoms with Gasteiger partial charge < -0.3 is 20.5 Å². The lowest BCUT2D eigenvalue weighted by molar-refractivity contribution is 0.0880. The van der Waals surface area contributed by atoms with Crippen LogP contribution in [0.25, 0.3) is 5.69 Å². The number of aliphatic hydroxyl groups excluding tert-OH is 1. The molecule has 0 bridgehead atoms. The molecule has 0 aliphatic heterocycles. The molecule has 3 amide bonds. The average Bonchev–Trinajstić information content (AvgIpc) is 3.17. The first-order valence-corrected chi connectivity index (χ1v) is 11.9. The highest BCUT2D eigenvalue weighted by Crippen LogP contribution is 2.42. The van der Waals surface area contributed by atoms with Crippen LogP contribution in [0.5, 0.6) is 0 Å². The third-order valence-corrected chi connectivity index (χ3v) is 6.68. The van der Waals surface area contributed by atoms with Gasteiger partial charge in [-0.3, -0.25) is 10.1 Å². The molecule has 1 aliphatic rings. The van der Waals surface area contributed by atoms with E-state index in [1.165, 1.54) is 11.7 Å². The van der Waals surface area contributed by atoms with E-state index in [4.69, 9.17) is 4.74 Å². The Bertz CT molecular complexity index is 1270. The van der Waals surface area contributed by atoms with Gasteiger partial charge in [-0.25, -0.2) is 9.48 Å². The van der Waals surface area contributed by atoms with Crippen molar-refractivity contribution in [1.29, 1.82) is 0 Å². The summed E-state index contributed by atoms with van der Waals surface area (Å²) in [5.41, 5.74) is 4.09. The van der Waals surface area contributed by atoms with Gasteiger partial charge in [-0.05, 0) is 47.6 Å². The molecule has 4 N–H and O–H groups in total. The number of para-hydroxylation sites is 1. The third kappa shape index (κ3) is 4.84. The number of carbonyl (C=O) groups excluding carboxylic acids is 2. The summed E-state index contributed by atoms with van der Waals surface area (Å²) in [4.78, 5) is 25.7. The monoisotopic (exact) mass is 491 g/mol. The Kier molecular flexibility index (Phi) is 7.14. The summed E-state index contributed by atoms with van der Waals surface area (Å²) in [6, 6.07) is 14.2. The largest absolute Gasteiger partial charge is 0.391 e. The van der Waals surface area contributed by atoms with E-state index in [0.717, 1.165) is 16.7 Å². The molecule has 190 valence electrons. The lowest BCUT2D eigenvalue weighted by Crippen LogP contribution is -2.45. The number of hydrogen-bond donors (Lipinski definition) is 4. The molecule has 4 rings (SSSR count). The number of benzene rings is 2. The lowest BCUT2D eigenvalue weighted by atomic mass is 9.69. The molecule has 0 radical (unpaired) electrons. The normalized spacial score (nSPS) is 18.3. The molecule has 3 aromatic rings. The summed E-state index contributed by atoms with van der Waals surface area (Å²) in [5.74, 6) is 0.0199. The number of hydrogen-bond acceptors (Lipinski definition) is 5. The number of aliphatic hydroxyl groups is 1. The molecular weight excluding hydrogens is 458 g/mol. The van der Waals surface area contributed by atoms with Gasteiger partial charge in [-0.2, -0.15) is 5.10 Å². The minimum Gasteiger partial charge on any atom is -0.391 e. The summed E-state index contributed by atoms with van der Waals surface area (Å²) < 4.78 is 6.82. The first-order valence-electron chi connectivity index (χ1n) is 11.9. The van der Waals surface area contributed by atoms with Crippen molar-refractivity contribution in [3.63, 3.8) is 0 Å². The number of nitrogens with one attached hydrogen (secondary N) is 3. The number of anilines is 1. The van der Waals surface area contributed by atoms with Crippen molar-refractivity contribution in [3.05, 3.63) is 76.5 Å². The number of methoxy groups -OCH3 is 1. The van der Waals surface area contributed by atoms with Crippen LogP contribution in [0.3, 0.4) is 0 Å². The van der Waals surface area contributed by atoms with E-state index in [-0.39, 0.29) is 17.0 Å². The number of fused-ring (bicyclic) bond motifs is 1. The van der Waals surface area contributed by atoms with Crippen molar-refractivity contribution in [2.45, 2.75) is 51.4 Å². The second-order valence-electron chi connectivity index (χ2n) is 9.73. The zero-order chi connectivity index (χ0) is 26.0. The SMILES string of the molecule is CNC(=O)c1nn(-c2ccccc2)c(NC(=O)N[C@@H]2c3cc(COC)ccc3C(C)(C)C[C@H]2O)c1C. The van der Waals surface area contributed by atoms with Crippen molar-refractivity contribution in [2.24, 2.45) is 0 Å². The predicted octanol–water partition coefficient (Wildman–Crippen LogP) is 3.59. The van der Waals surface area contributed by atoms with Gasteiger partial charge >= 0.3 is 6.03 Å². The minimum atomic E-state index is -0.780. The highest BCUT2D eigenvalue weighted by Gasteiger charge is 2.39. The summed E-state index contributed by atoms with van der Waals surface area (Å²) in [5, 5.41) is 23.9. The summed E-state index contributed by atoms with van der Waals surface area (Å²) in [6.45, 7) is 6.34. The molecule has 0 spiro atoms. The van der Waals surface area contributed by atoms with Gasteiger partial charge in [0.2, 0.25) is 0 Å². The van der Waals surface area contributed by atoms with Gasteiger partial charge in [-0.1, -0.05) is 50.2 Å². The number of amides is 3. The van der Waals surface area contributed by atoms with Gasteiger partial charge in [-0.15, -0.1) is 0 Å². The van der Waals surface area contributed by atoms with Crippen LogP contribution in [0.4, 0.5) is 10.6 Å². The first-order chi connectivity index (χ1) is 17.2. The third-order valence-electron chi connectivity index (χ3n) is 6.68. The Morgan fingerprint density at radius 1 is 1.19 bits per heavy atom. The molecular formula is C27H33N5O4. The van der Waals surface area contributed by atoms with Crippen LogP contribution in [-0.4, -0.2) is 47.1 Å².